The van der Waals surface area contributed by atoms with Gasteiger partial charge in [-0.25, -0.2) is 0 Å². The summed E-state index contributed by atoms with van der Waals surface area (Å²) in [5.41, 5.74) is 0. The second-order valence-corrected chi connectivity index (χ2v) is 3.28. The molecule has 0 amide bonds. The highest BCUT2D eigenvalue weighted by Gasteiger charge is 1.98. The Hall–Kier alpha value is -0.340. The largest absolute Gasteiger partial charge is 0.305 e. The van der Waals surface area contributed by atoms with Crippen LogP contribution < -0.4 is 0 Å². The molecule has 0 spiro atoms. The van der Waals surface area contributed by atoms with Crippen LogP contribution in [0.15, 0.2) is 12.7 Å². The van der Waals surface area contributed by atoms with Gasteiger partial charge in [-0.05, 0) is 27.1 Å². The molecule has 0 rings (SSSR count). The molecule has 0 aliphatic carbocycles. The Labute approximate surface area is 76.9 Å². The average Bonchev–Trinajstić information content (AvgIpc) is 2.10. The third kappa shape index (κ3) is 6.38. The van der Waals surface area contributed by atoms with Crippen molar-refractivity contribution >= 4 is 0 Å². The van der Waals surface area contributed by atoms with E-state index >= 15 is 0 Å². The van der Waals surface area contributed by atoms with Crippen molar-refractivity contribution < 1.29 is 0 Å². The van der Waals surface area contributed by atoms with Gasteiger partial charge in [0, 0.05) is 19.6 Å². The number of hydrogen-bond acceptors (Lipinski definition) is 2. The lowest BCUT2D eigenvalue weighted by Crippen LogP contribution is -2.31. The standard InChI is InChI=1S/C10H22N2/c1-5-7-8-12(4)10-9-11(3)6-2/h5H,1,6-10H2,2-4H3. The van der Waals surface area contributed by atoms with E-state index in [1.165, 1.54) is 0 Å². The first-order chi connectivity index (χ1) is 5.70. The molecule has 0 aromatic rings. The van der Waals surface area contributed by atoms with Gasteiger partial charge in [-0.15, -0.1) is 6.58 Å². The predicted octanol–water partition coefficient (Wildman–Crippen LogP) is 1.45. The second kappa shape index (κ2) is 7.32. The van der Waals surface area contributed by atoms with Crippen molar-refractivity contribution in [2.75, 3.05) is 40.3 Å². The van der Waals surface area contributed by atoms with Gasteiger partial charge in [-0.2, -0.15) is 0 Å². The lowest BCUT2D eigenvalue weighted by molar-refractivity contribution is 0.266. The Kier molecular flexibility index (Phi) is 7.11. The monoisotopic (exact) mass is 170 g/mol. The molecule has 0 saturated carbocycles. The van der Waals surface area contributed by atoms with Gasteiger partial charge in [0.2, 0.25) is 0 Å². The zero-order chi connectivity index (χ0) is 9.40. The fraction of sp³-hybridized carbons (Fsp3) is 0.800. The van der Waals surface area contributed by atoms with E-state index < -0.39 is 0 Å². The Morgan fingerprint density at radius 2 is 1.67 bits per heavy atom. The fourth-order valence-electron chi connectivity index (χ4n) is 0.923. The van der Waals surface area contributed by atoms with Crippen LogP contribution in [0, 0.1) is 0 Å². The van der Waals surface area contributed by atoms with E-state index in [-0.39, 0.29) is 0 Å². The average molecular weight is 170 g/mol. The number of hydrogen-bond donors (Lipinski definition) is 0. The predicted molar refractivity (Wildman–Crippen MR) is 55.5 cm³/mol. The van der Waals surface area contributed by atoms with Crippen LogP contribution in [-0.2, 0) is 0 Å². The van der Waals surface area contributed by atoms with Gasteiger partial charge in [-0.1, -0.05) is 13.0 Å². The topological polar surface area (TPSA) is 6.48 Å². The Morgan fingerprint density at radius 3 is 2.17 bits per heavy atom. The summed E-state index contributed by atoms with van der Waals surface area (Å²) in [5.74, 6) is 0. The Bertz CT molecular complexity index is 112. The summed E-state index contributed by atoms with van der Waals surface area (Å²) in [5, 5.41) is 0. The smallest absolute Gasteiger partial charge is 0.0106 e. The molecular formula is C10H22N2. The fourth-order valence-corrected chi connectivity index (χ4v) is 0.923. The molecule has 0 aromatic carbocycles. The van der Waals surface area contributed by atoms with Gasteiger partial charge in [0.25, 0.3) is 0 Å². The Balaban J connectivity index is 3.29. The highest BCUT2D eigenvalue weighted by atomic mass is 15.2. The number of likely N-dealkylation sites (N-methyl/N-ethyl adjacent to an activating group) is 2. The number of nitrogens with zero attached hydrogens (tertiary/aromatic N) is 2. The SMILES string of the molecule is C=CCCN(C)CCN(C)CC. The molecule has 0 fully saturated rings. The molecule has 12 heavy (non-hydrogen) atoms. The maximum Gasteiger partial charge on any atom is 0.0106 e. The van der Waals surface area contributed by atoms with Gasteiger partial charge in [0.1, 0.15) is 0 Å². The molecule has 2 heteroatoms. The highest BCUT2D eigenvalue weighted by Crippen LogP contribution is 1.89. The normalized spacial score (nSPS) is 11.1. The molecule has 0 saturated heterocycles. The summed E-state index contributed by atoms with van der Waals surface area (Å²) >= 11 is 0. The highest BCUT2D eigenvalue weighted by molar-refractivity contribution is 4.68. The lowest BCUT2D eigenvalue weighted by Gasteiger charge is -2.20. The van der Waals surface area contributed by atoms with Gasteiger partial charge < -0.3 is 9.80 Å². The van der Waals surface area contributed by atoms with Crippen molar-refractivity contribution in [2.45, 2.75) is 13.3 Å². The van der Waals surface area contributed by atoms with E-state index in [1.54, 1.807) is 0 Å². The van der Waals surface area contributed by atoms with Gasteiger partial charge in [0.15, 0.2) is 0 Å². The van der Waals surface area contributed by atoms with Crippen molar-refractivity contribution in [3.63, 3.8) is 0 Å². The van der Waals surface area contributed by atoms with Crippen molar-refractivity contribution in [1.29, 1.82) is 0 Å². The first-order valence-corrected chi connectivity index (χ1v) is 4.68. The van der Waals surface area contributed by atoms with Crippen LogP contribution in [0.25, 0.3) is 0 Å². The molecule has 2 nitrogen and oxygen atoms in total. The van der Waals surface area contributed by atoms with Gasteiger partial charge in [-0.3, -0.25) is 0 Å². The van der Waals surface area contributed by atoms with E-state index in [1.807, 2.05) is 6.08 Å². The van der Waals surface area contributed by atoms with Crippen LogP contribution in [0.1, 0.15) is 13.3 Å². The molecule has 0 aliphatic rings. The molecule has 0 bridgehead atoms. The third-order valence-electron chi connectivity index (χ3n) is 2.12. The molecular weight excluding hydrogens is 148 g/mol. The van der Waals surface area contributed by atoms with Crippen LogP contribution in [0.4, 0.5) is 0 Å². The van der Waals surface area contributed by atoms with Crippen LogP contribution >= 0.6 is 0 Å². The van der Waals surface area contributed by atoms with Crippen molar-refractivity contribution in [3.05, 3.63) is 12.7 Å². The third-order valence-corrected chi connectivity index (χ3v) is 2.12. The summed E-state index contributed by atoms with van der Waals surface area (Å²) in [4.78, 5) is 4.66. The zero-order valence-electron chi connectivity index (χ0n) is 8.71. The molecule has 72 valence electrons. The maximum atomic E-state index is 3.71. The summed E-state index contributed by atoms with van der Waals surface area (Å²) in [7, 11) is 4.31. The quantitative estimate of drug-likeness (QED) is 0.534. The van der Waals surface area contributed by atoms with Crippen LogP contribution in [-0.4, -0.2) is 50.1 Å². The van der Waals surface area contributed by atoms with Crippen LogP contribution in [0.3, 0.4) is 0 Å². The van der Waals surface area contributed by atoms with E-state index in [4.69, 9.17) is 0 Å². The summed E-state index contributed by atoms with van der Waals surface area (Å²) in [6.45, 7) is 10.5. The van der Waals surface area contributed by atoms with E-state index in [2.05, 4.69) is 37.4 Å². The minimum atomic E-state index is 1.09. The number of rotatable bonds is 7. The van der Waals surface area contributed by atoms with Crippen molar-refractivity contribution in [2.24, 2.45) is 0 Å². The molecule has 0 heterocycles. The molecule has 0 aromatic heterocycles. The first kappa shape index (κ1) is 11.7. The van der Waals surface area contributed by atoms with Crippen LogP contribution in [0.2, 0.25) is 0 Å². The molecule has 0 N–H and O–H groups in total. The second-order valence-electron chi connectivity index (χ2n) is 3.28. The molecule has 0 unspecified atom stereocenters. The van der Waals surface area contributed by atoms with Crippen LogP contribution in [0.5, 0.6) is 0 Å². The molecule has 0 radical (unpaired) electrons. The minimum Gasteiger partial charge on any atom is -0.305 e. The minimum absolute atomic E-state index is 1.09. The molecule has 0 atom stereocenters. The first-order valence-electron chi connectivity index (χ1n) is 4.68. The van der Waals surface area contributed by atoms with E-state index in [0.29, 0.717) is 0 Å². The van der Waals surface area contributed by atoms with Crippen molar-refractivity contribution in [3.8, 4) is 0 Å². The molecule has 0 aliphatic heterocycles. The summed E-state index contributed by atoms with van der Waals surface area (Å²) in [6, 6.07) is 0. The van der Waals surface area contributed by atoms with E-state index in [9.17, 15) is 0 Å². The van der Waals surface area contributed by atoms with Gasteiger partial charge >= 0.3 is 0 Å². The van der Waals surface area contributed by atoms with E-state index in [0.717, 1.165) is 32.6 Å². The zero-order valence-corrected chi connectivity index (χ0v) is 8.71. The summed E-state index contributed by atoms with van der Waals surface area (Å²) < 4.78 is 0. The maximum absolute atomic E-state index is 3.71. The Morgan fingerprint density at radius 1 is 1.08 bits per heavy atom. The lowest BCUT2D eigenvalue weighted by atomic mass is 10.4. The van der Waals surface area contributed by atoms with Crippen molar-refractivity contribution in [1.82, 2.24) is 9.80 Å². The summed E-state index contributed by atoms with van der Waals surface area (Å²) in [6.07, 6.45) is 3.06. The van der Waals surface area contributed by atoms with Gasteiger partial charge in [0.05, 0.1) is 0 Å².